The Kier molecular flexibility index (Phi) is 5.32. The maximum atomic E-state index is 13.4. The van der Waals surface area contributed by atoms with E-state index in [1.807, 2.05) is 79.7 Å². The normalized spacial score (nSPS) is 17.9. The number of imidazole rings is 1. The number of carbonyl (C=O) groups excluding carboxylic acids is 2. The van der Waals surface area contributed by atoms with E-state index in [0.29, 0.717) is 16.6 Å². The average Bonchev–Trinajstić information content (AvgIpc) is 3.37. The smallest absolute Gasteiger partial charge is 0.302 e. The lowest BCUT2D eigenvalue weighted by Gasteiger charge is -2.24. The van der Waals surface area contributed by atoms with Gasteiger partial charge < -0.3 is 10.1 Å². The van der Waals surface area contributed by atoms with Crippen LogP contribution in [-0.2, 0) is 15.0 Å². The number of aryl methyl sites for hydroxylation is 1. The quantitative estimate of drug-likeness (QED) is 0.228. The molecule has 176 valence electrons. The summed E-state index contributed by atoms with van der Waals surface area (Å²) in [5.74, 6) is -1.39. The average molecular weight is 466 g/mol. The van der Waals surface area contributed by atoms with Gasteiger partial charge in [-0.05, 0) is 47.2 Å². The molecule has 6 heteroatoms. The maximum Gasteiger partial charge on any atom is 0.302 e. The van der Waals surface area contributed by atoms with Crippen molar-refractivity contribution in [2.45, 2.75) is 39.2 Å². The second-order valence-corrected chi connectivity index (χ2v) is 9.94. The van der Waals surface area contributed by atoms with Crippen molar-refractivity contribution < 1.29 is 14.7 Å². The zero-order valence-corrected chi connectivity index (χ0v) is 20.2. The summed E-state index contributed by atoms with van der Waals surface area (Å²) in [5.41, 5.74) is 4.43. The molecule has 1 aliphatic heterocycles. The molecular weight excluding hydrogens is 438 g/mol. The maximum absolute atomic E-state index is 13.4. The van der Waals surface area contributed by atoms with Gasteiger partial charge in [-0.2, -0.15) is 0 Å². The highest BCUT2D eigenvalue weighted by Gasteiger charge is 2.48. The van der Waals surface area contributed by atoms with Crippen LogP contribution in [0.25, 0.3) is 16.8 Å². The largest absolute Gasteiger partial charge is 0.507 e. The number of Topliss-reactive ketones (excluding diaryl/α,β-unsaturated/α-hetero) is 1. The van der Waals surface area contributed by atoms with Gasteiger partial charge in [-0.25, -0.2) is 4.98 Å². The Labute approximate surface area is 203 Å². The number of hydrogen-bond donors (Lipinski definition) is 2. The van der Waals surface area contributed by atoms with E-state index in [1.54, 1.807) is 0 Å². The number of hydrogen-bond acceptors (Lipinski definition) is 4. The van der Waals surface area contributed by atoms with Crippen molar-refractivity contribution in [1.29, 1.82) is 0 Å². The Morgan fingerprint density at radius 2 is 1.66 bits per heavy atom. The molecule has 35 heavy (non-hydrogen) atoms. The molecule has 1 amide bonds. The number of amides is 1. The van der Waals surface area contributed by atoms with Crippen LogP contribution in [0.15, 0.2) is 78.4 Å². The van der Waals surface area contributed by atoms with E-state index in [9.17, 15) is 14.7 Å². The van der Waals surface area contributed by atoms with E-state index < -0.39 is 17.7 Å². The number of fused-ring (bicyclic) bond motifs is 1. The molecule has 0 spiro atoms. The van der Waals surface area contributed by atoms with Gasteiger partial charge in [0.25, 0.3) is 5.78 Å². The van der Waals surface area contributed by atoms with Gasteiger partial charge in [0.2, 0.25) is 5.95 Å². The second-order valence-electron chi connectivity index (χ2n) is 9.94. The van der Waals surface area contributed by atoms with Crippen LogP contribution in [0, 0.1) is 6.92 Å². The molecular formula is C29H27N3O3. The van der Waals surface area contributed by atoms with Crippen molar-refractivity contribution in [3.05, 3.63) is 101 Å². The number of aromatic amines is 1. The molecule has 0 aliphatic carbocycles. The summed E-state index contributed by atoms with van der Waals surface area (Å²) in [7, 11) is 0. The first kappa shape index (κ1) is 22.6. The van der Waals surface area contributed by atoms with E-state index in [-0.39, 0.29) is 22.7 Å². The minimum Gasteiger partial charge on any atom is -0.507 e. The predicted molar refractivity (Wildman–Crippen MR) is 137 cm³/mol. The minimum absolute atomic E-state index is 0.0517. The summed E-state index contributed by atoms with van der Waals surface area (Å²) < 4.78 is 0. The first-order valence-electron chi connectivity index (χ1n) is 11.6. The fraction of sp³-hybridized carbons (Fsp3) is 0.207. The van der Waals surface area contributed by atoms with Gasteiger partial charge in [-0.15, -0.1) is 0 Å². The minimum atomic E-state index is -0.825. The van der Waals surface area contributed by atoms with E-state index >= 15 is 0 Å². The number of H-pyrrole nitrogens is 1. The van der Waals surface area contributed by atoms with E-state index in [0.717, 1.165) is 16.6 Å². The molecule has 1 fully saturated rings. The fourth-order valence-corrected chi connectivity index (χ4v) is 4.54. The topological polar surface area (TPSA) is 86.3 Å². The molecule has 5 rings (SSSR count). The number of anilines is 1. The van der Waals surface area contributed by atoms with Crippen molar-refractivity contribution in [3.8, 4) is 0 Å². The highest BCUT2D eigenvalue weighted by atomic mass is 16.3. The van der Waals surface area contributed by atoms with Gasteiger partial charge in [0, 0.05) is 5.56 Å². The molecule has 2 N–H and O–H groups in total. The number of para-hydroxylation sites is 2. The number of nitrogens with one attached hydrogen (secondary N) is 1. The highest BCUT2D eigenvalue weighted by molar-refractivity contribution is 6.51. The second kappa shape index (κ2) is 8.24. The van der Waals surface area contributed by atoms with Gasteiger partial charge in [0.05, 0.1) is 22.6 Å². The summed E-state index contributed by atoms with van der Waals surface area (Å²) in [4.78, 5) is 35.9. The lowest BCUT2D eigenvalue weighted by molar-refractivity contribution is -0.132. The van der Waals surface area contributed by atoms with Crippen LogP contribution in [0.2, 0.25) is 0 Å². The molecule has 1 atom stereocenters. The van der Waals surface area contributed by atoms with Gasteiger partial charge in [0.15, 0.2) is 0 Å². The van der Waals surface area contributed by atoms with Crippen molar-refractivity contribution in [2.75, 3.05) is 4.90 Å². The summed E-state index contributed by atoms with van der Waals surface area (Å²) in [6.45, 7) is 8.15. The zero-order chi connectivity index (χ0) is 24.9. The number of ketones is 1. The standard InChI is InChI=1S/C29H27N3O3/c1-17-14-15-19(29(2,3)4)16-20(17)25(33)23-24(18-10-6-5-7-11-18)32(27(35)26(23)34)28-30-21-12-8-9-13-22(21)31-28/h5-16,24,33H,1-4H3,(H,30,31)/b25-23+. The van der Waals surface area contributed by atoms with Crippen LogP contribution in [0.5, 0.6) is 0 Å². The van der Waals surface area contributed by atoms with E-state index in [1.165, 1.54) is 4.90 Å². The molecule has 0 bridgehead atoms. The SMILES string of the molecule is Cc1ccc(C(C)(C)C)cc1/C(O)=C1\C(=O)C(=O)N(c2nc3ccccc3[nH]2)C1c1ccccc1. The number of carbonyl (C=O) groups is 2. The van der Waals surface area contributed by atoms with E-state index in [4.69, 9.17) is 0 Å². The van der Waals surface area contributed by atoms with Crippen molar-refractivity contribution >= 4 is 34.4 Å². The number of benzene rings is 3. The van der Waals surface area contributed by atoms with Crippen LogP contribution in [-0.4, -0.2) is 26.8 Å². The molecule has 1 saturated heterocycles. The molecule has 2 heterocycles. The molecule has 3 aromatic carbocycles. The van der Waals surface area contributed by atoms with Gasteiger partial charge >= 0.3 is 5.91 Å². The molecule has 6 nitrogen and oxygen atoms in total. The zero-order valence-electron chi connectivity index (χ0n) is 20.2. The first-order valence-corrected chi connectivity index (χ1v) is 11.6. The number of aromatic nitrogens is 2. The Morgan fingerprint density at radius 1 is 0.971 bits per heavy atom. The van der Waals surface area contributed by atoms with Crippen LogP contribution in [0.4, 0.5) is 5.95 Å². The lowest BCUT2D eigenvalue weighted by Crippen LogP contribution is -2.30. The predicted octanol–water partition coefficient (Wildman–Crippen LogP) is 5.80. The Balaban J connectivity index is 1.74. The summed E-state index contributed by atoms with van der Waals surface area (Å²) in [5, 5.41) is 11.6. The van der Waals surface area contributed by atoms with Crippen LogP contribution >= 0.6 is 0 Å². The molecule has 1 unspecified atom stereocenters. The van der Waals surface area contributed by atoms with Crippen molar-refractivity contribution in [2.24, 2.45) is 0 Å². The Bertz CT molecular complexity index is 1460. The molecule has 1 aromatic heterocycles. The first-order chi connectivity index (χ1) is 16.7. The van der Waals surface area contributed by atoms with Crippen LogP contribution < -0.4 is 4.90 Å². The third kappa shape index (κ3) is 3.81. The summed E-state index contributed by atoms with van der Waals surface area (Å²) in [6, 6.07) is 21.7. The summed E-state index contributed by atoms with van der Waals surface area (Å²) in [6.07, 6.45) is 0. The Hall–Kier alpha value is -4.19. The summed E-state index contributed by atoms with van der Waals surface area (Å²) >= 11 is 0. The highest BCUT2D eigenvalue weighted by Crippen LogP contribution is 2.42. The monoisotopic (exact) mass is 465 g/mol. The molecule has 0 radical (unpaired) electrons. The van der Waals surface area contributed by atoms with Crippen molar-refractivity contribution in [3.63, 3.8) is 0 Å². The Morgan fingerprint density at radius 3 is 2.34 bits per heavy atom. The third-order valence-corrected chi connectivity index (χ3v) is 6.52. The molecule has 1 aliphatic rings. The van der Waals surface area contributed by atoms with E-state index in [2.05, 4.69) is 30.7 Å². The number of aliphatic hydroxyl groups excluding tert-OH is 1. The number of aliphatic hydroxyl groups is 1. The molecule has 4 aromatic rings. The fourth-order valence-electron chi connectivity index (χ4n) is 4.54. The van der Waals surface area contributed by atoms with Crippen LogP contribution in [0.3, 0.4) is 0 Å². The molecule has 0 saturated carbocycles. The van der Waals surface area contributed by atoms with Crippen LogP contribution in [0.1, 0.15) is 49.1 Å². The number of nitrogens with zero attached hydrogens (tertiary/aromatic N) is 2. The van der Waals surface area contributed by atoms with Crippen molar-refractivity contribution in [1.82, 2.24) is 9.97 Å². The number of rotatable bonds is 3. The van der Waals surface area contributed by atoms with Gasteiger partial charge in [-0.1, -0.05) is 75.4 Å². The third-order valence-electron chi connectivity index (χ3n) is 6.52. The lowest BCUT2D eigenvalue weighted by atomic mass is 9.84. The van der Waals surface area contributed by atoms with Gasteiger partial charge in [0.1, 0.15) is 5.76 Å². The van der Waals surface area contributed by atoms with Gasteiger partial charge in [-0.3, -0.25) is 14.5 Å².